The molecule has 1 aliphatic heterocycles. The molecular formula is C26H34N4O4. The van der Waals surface area contributed by atoms with E-state index >= 15 is 0 Å². The van der Waals surface area contributed by atoms with Crippen molar-refractivity contribution in [2.75, 3.05) is 13.7 Å². The molecule has 1 aromatic heterocycles. The first-order chi connectivity index (χ1) is 16.2. The lowest BCUT2D eigenvalue weighted by Crippen LogP contribution is -2.51. The smallest absolute Gasteiger partial charge is 0.277 e. The zero-order valence-electron chi connectivity index (χ0n) is 20.6. The van der Waals surface area contributed by atoms with Crippen molar-refractivity contribution < 1.29 is 19.1 Å². The number of hydrogen-bond acceptors (Lipinski definition) is 5. The summed E-state index contributed by atoms with van der Waals surface area (Å²) < 4.78 is 7.63. The third-order valence-electron chi connectivity index (χ3n) is 6.22. The van der Waals surface area contributed by atoms with Crippen LogP contribution in [0.2, 0.25) is 0 Å². The van der Waals surface area contributed by atoms with Crippen LogP contribution in [0.15, 0.2) is 42.5 Å². The Morgan fingerprint density at radius 1 is 1.24 bits per heavy atom. The van der Waals surface area contributed by atoms with Gasteiger partial charge in [-0.05, 0) is 42.4 Å². The van der Waals surface area contributed by atoms with Gasteiger partial charge < -0.3 is 14.6 Å². The Morgan fingerprint density at radius 2 is 1.97 bits per heavy atom. The van der Waals surface area contributed by atoms with Crippen LogP contribution in [0.3, 0.4) is 0 Å². The maximum atomic E-state index is 12.6. The summed E-state index contributed by atoms with van der Waals surface area (Å²) in [6, 6.07) is 8.61. The minimum atomic E-state index is -0.534. The highest BCUT2D eigenvalue weighted by Gasteiger charge is 2.30. The molecule has 0 radical (unpaired) electrons. The van der Waals surface area contributed by atoms with Crippen LogP contribution in [0.5, 0.6) is 0 Å². The molecule has 182 valence electrons. The third kappa shape index (κ3) is 5.99. The molecule has 3 rings (SSSR count). The minimum absolute atomic E-state index is 0.0351. The molecule has 2 unspecified atom stereocenters. The van der Waals surface area contributed by atoms with Gasteiger partial charge in [-0.3, -0.25) is 19.3 Å². The standard InChI is InChI=1S/C26H34N4O4/c1-6-22(34-5)10-11-24(20-9-7-8-19(12-20)17(2)3)29-14-21(27-16-29)13-23-26(33)30(18(4)31)15-25(32)28-23/h7-9,12-14,16-17,22,24H,6,10-11,15H2,1-5H3,(H,28,32)/b23-13-. The number of hydrogen-bond donors (Lipinski definition) is 1. The highest BCUT2D eigenvalue weighted by Crippen LogP contribution is 2.28. The van der Waals surface area contributed by atoms with E-state index in [2.05, 4.69) is 55.3 Å². The Morgan fingerprint density at radius 3 is 2.62 bits per heavy atom. The molecule has 0 spiro atoms. The van der Waals surface area contributed by atoms with E-state index in [-0.39, 0.29) is 24.4 Å². The number of ether oxygens (including phenoxy) is 1. The number of rotatable bonds is 9. The fourth-order valence-electron chi connectivity index (χ4n) is 4.15. The van der Waals surface area contributed by atoms with E-state index in [4.69, 9.17) is 4.74 Å². The Labute approximate surface area is 201 Å². The second-order valence-corrected chi connectivity index (χ2v) is 8.95. The van der Waals surface area contributed by atoms with Gasteiger partial charge in [0.2, 0.25) is 11.8 Å². The molecule has 34 heavy (non-hydrogen) atoms. The molecule has 0 aliphatic carbocycles. The van der Waals surface area contributed by atoms with Gasteiger partial charge in [0.05, 0.1) is 24.2 Å². The lowest BCUT2D eigenvalue weighted by molar-refractivity contribution is -0.147. The molecule has 0 saturated carbocycles. The summed E-state index contributed by atoms with van der Waals surface area (Å²) in [5.74, 6) is -0.996. The number of imidazole rings is 1. The van der Waals surface area contributed by atoms with E-state index in [0.29, 0.717) is 11.6 Å². The van der Waals surface area contributed by atoms with Crippen LogP contribution < -0.4 is 5.32 Å². The molecular weight excluding hydrogens is 432 g/mol. The van der Waals surface area contributed by atoms with Crippen molar-refractivity contribution in [2.24, 2.45) is 0 Å². The summed E-state index contributed by atoms with van der Waals surface area (Å²) >= 11 is 0. The zero-order chi connectivity index (χ0) is 24.8. The van der Waals surface area contributed by atoms with Crippen LogP contribution in [0.4, 0.5) is 0 Å². The highest BCUT2D eigenvalue weighted by molar-refractivity contribution is 6.12. The average molecular weight is 467 g/mol. The van der Waals surface area contributed by atoms with Gasteiger partial charge in [-0.15, -0.1) is 0 Å². The summed E-state index contributed by atoms with van der Waals surface area (Å²) in [5, 5.41) is 2.56. The number of aromatic nitrogens is 2. The minimum Gasteiger partial charge on any atom is -0.381 e. The van der Waals surface area contributed by atoms with Gasteiger partial charge >= 0.3 is 0 Å². The second kappa shape index (κ2) is 11.2. The average Bonchev–Trinajstić information content (AvgIpc) is 3.27. The number of benzene rings is 1. The number of carbonyl (C=O) groups is 3. The predicted molar refractivity (Wildman–Crippen MR) is 130 cm³/mol. The van der Waals surface area contributed by atoms with E-state index < -0.39 is 17.7 Å². The Balaban J connectivity index is 1.92. The second-order valence-electron chi connectivity index (χ2n) is 8.95. The predicted octanol–water partition coefficient (Wildman–Crippen LogP) is 3.65. The number of methoxy groups -OCH3 is 1. The van der Waals surface area contributed by atoms with Gasteiger partial charge in [0.1, 0.15) is 12.2 Å². The van der Waals surface area contributed by atoms with Crippen molar-refractivity contribution in [2.45, 2.75) is 65.0 Å². The van der Waals surface area contributed by atoms with Crippen LogP contribution in [0.25, 0.3) is 6.08 Å². The molecule has 2 heterocycles. The molecule has 1 N–H and O–H groups in total. The quantitative estimate of drug-likeness (QED) is 0.570. The van der Waals surface area contributed by atoms with Gasteiger partial charge in [0, 0.05) is 20.2 Å². The van der Waals surface area contributed by atoms with E-state index in [1.807, 2.05) is 10.8 Å². The van der Waals surface area contributed by atoms with Crippen molar-refractivity contribution >= 4 is 23.8 Å². The third-order valence-corrected chi connectivity index (χ3v) is 6.22. The topological polar surface area (TPSA) is 93.5 Å². The fraction of sp³-hybridized carbons (Fsp3) is 0.462. The molecule has 8 nitrogen and oxygen atoms in total. The Hall–Kier alpha value is -3.26. The van der Waals surface area contributed by atoms with E-state index in [1.165, 1.54) is 24.1 Å². The van der Waals surface area contributed by atoms with Crippen LogP contribution in [0.1, 0.15) is 75.7 Å². The Kier molecular flexibility index (Phi) is 8.39. The summed E-state index contributed by atoms with van der Waals surface area (Å²) in [5.41, 5.74) is 3.01. The molecule has 1 fully saturated rings. The first-order valence-electron chi connectivity index (χ1n) is 11.7. The number of carbonyl (C=O) groups excluding carboxylic acids is 3. The number of piperazine rings is 1. The fourth-order valence-corrected chi connectivity index (χ4v) is 4.15. The lowest BCUT2D eigenvalue weighted by Gasteiger charge is -2.25. The van der Waals surface area contributed by atoms with Gasteiger partial charge in [0.15, 0.2) is 0 Å². The first-order valence-corrected chi connectivity index (χ1v) is 11.7. The van der Waals surface area contributed by atoms with E-state index in [9.17, 15) is 14.4 Å². The Bertz CT molecular complexity index is 1070. The molecule has 0 bridgehead atoms. The van der Waals surface area contributed by atoms with Crippen molar-refractivity contribution in [3.05, 3.63) is 59.3 Å². The maximum absolute atomic E-state index is 12.6. The molecule has 2 atom stereocenters. The molecule has 1 aromatic carbocycles. The number of nitrogens with zero attached hydrogens (tertiary/aromatic N) is 3. The van der Waals surface area contributed by atoms with Gasteiger partial charge in [-0.2, -0.15) is 0 Å². The van der Waals surface area contributed by atoms with Crippen LogP contribution in [-0.4, -0.2) is 51.9 Å². The van der Waals surface area contributed by atoms with Crippen LogP contribution >= 0.6 is 0 Å². The monoisotopic (exact) mass is 466 g/mol. The summed E-state index contributed by atoms with van der Waals surface area (Å²) in [4.78, 5) is 41.7. The highest BCUT2D eigenvalue weighted by atomic mass is 16.5. The van der Waals surface area contributed by atoms with Crippen LogP contribution in [0, 0.1) is 0 Å². The number of nitrogens with one attached hydrogen (secondary N) is 1. The number of amides is 3. The lowest BCUT2D eigenvalue weighted by atomic mass is 9.94. The van der Waals surface area contributed by atoms with E-state index in [1.54, 1.807) is 13.4 Å². The molecule has 8 heteroatoms. The van der Waals surface area contributed by atoms with E-state index in [0.717, 1.165) is 24.2 Å². The van der Waals surface area contributed by atoms with Crippen molar-refractivity contribution in [3.63, 3.8) is 0 Å². The zero-order valence-corrected chi connectivity index (χ0v) is 20.6. The molecule has 2 aromatic rings. The normalized spacial score (nSPS) is 17.2. The van der Waals surface area contributed by atoms with Gasteiger partial charge in [0.25, 0.3) is 5.91 Å². The van der Waals surface area contributed by atoms with Crippen molar-refractivity contribution in [1.29, 1.82) is 0 Å². The van der Waals surface area contributed by atoms with Gasteiger partial charge in [-0.25, -0.2) is 4.98 Å². The SMILES string of the molecule is CCC(CCC(c1cccc(C(C)C)c1)n1cnc(/C=C2\NC(=O)CN(C(C)=O)C2=O)c1)OC. The number of imide groups is 1. The summed E-state index contributed by atoms with van der Waals surface area (Å²) in [6.45, 7) is 7.46. The molecule has 1 aliphatic rings. The van der Waals surface area contributed by atoms with Crippen molar-refractivity contribution in [3.8, 4) is 0 Å². The summed E-state index contributed by atoms with van der Waals surface area (Å²) in [7, 11) is 1.74. The van der Waals surface area contributed by atoms with Crippen molar-refractivity contribution in [1.82, 2.24) is 19.8 Å². The molecule has 1 saturated heterocycles. The molecule has 3 amide bonds. The van der Waals surface area contributed by atoms with Crippen LogP contribution in [-0.2, 0) is 19.1 Å². The van der Waals surface area contributed by atoms with Gasteiger partial charge in [-0.1, -0.05) is 45.0 Å². The largest absolute Gasteiger partial charge is 0.381 e. The summed E-state index contributed by atoms with van der Waals surface area (Å²) in [6.07, 6.45) is 7.97. The first kappa shape index (κ1) is 25.4. The maximum Gasteiger partial charge on any atom is 0.277 e.